The third-order valence-electron chi connectivity index (χ3n) is 7.69. The van der Waals surface area contributed by atoms with Gasteiger partial charge in [0, 0.05) is 74.4 Å². The van der Waals surface area contributed by atoms with Crippen LogP contribution in [-0.2, 0) is 13.7 Å². The van der Waals surface area contributed by atoms with Crippen molar-refractivity contribution in [2.24, 2.45) is 7.05 Å². The monoisotopic (exact) mass is 468 g/mol. The third kappa shape index (κ3) is 3.90. The van der Waals surface area contributed by atoms with Crippen LogP contribution in [0.25, 0.3) is 11.1 Å². The molecule has 0 aliphatic carbocycles. The number of hydrogen-bond acceptors (Lipinski definition) is 6. The SMILES string of the molecule is C=CC(=C)N1CC[C@H](N2CC(c3cc(C)c4c(c3)Nc3nccc(-c5cnn(C)c5)c3CO4)C2)C1. The molecule has 35 heavy (non-hydrogen) atoms. The summed E-state index contributed by atoms with van der Waals surface area (Å²) in [7, 11) is 1.93. The number of aryl methyl sites for hydroxylation is 2. The number of allylic oxidation sites excluding steroid dienone is 1. The smallest absolute Gasteiger partial charge is 0.146 e. The number of rotatable bonds is 5. The minimum atomic E-state index is 0.471. The van der Waals surface area contributed by atoms with Crippen LogP contribution >= 0.6 is 0 Å². The van der Waals surface area contributed by atoms with Crippen LogP contribution in [0.2, 0.25) is 0 Å². The molecule has 0 amide bonds. The molecule has 5 heterocycles. The van der Waals surface area contributed by atoms with E-state index in [1.54, 1.807) is 0 Å². The van der Waals surface area contributed by atoms with E-state index in [0.29, 0.717) is 18.6 Å². The Morgan fingerprint density at radius 1 is 1.26 bits per heavy atom. The predicted molar refractivity (Wildman–Crippen MR) is 139 cm³/mol. The number of anilines is 2. The normalized spacial score (nSPS) is 19.7. The topological polar surface area (TPSA) is 58.5 Å². The summed E-state index contributed by atoms with van der Waals surface area (Å²) in [4.78, 5) is 9.62. The molecule has 0 unspecified atom stereocenters. The molecule has 0 saturated carbocycles. The summed E-state index contributed by atoms with van der Waals surface area (Å²) in [5, 5.41) is 7.93. The average molecular weight is 469 g/mol. The van der Waals surface area contributed by atoms with E-state index >= 15 is 0 Å². The number of ether oxygens (including phenoxy) is 1. The molecular formula is C28H32N6O. The van der Waals surface area contributed by atoms with Crippen molar-refractivity contribution in [1.82, 2.24) is 24.6 Å². The molecule has 1 N–H and O–H groups in total. The lowest BCUT2D eigenvalue weighted by molar-refractivity contribution is 0.0963. The summed E-state index contributed by atoms with van der Waals surface area (Å²) in [6.07, 6.45) is 8.82. The Labute approximate surface area is 206 Å². The van der Waals surface area contributed by atoms with Gasteiger partial charge < -0.3 is 15.0 Å². The van der Waals surface area contributed by atoms with Crippen LogP contribution in [0.1, 0.15) is 29.0 Å². The van der Waals surface area contributed by atoms with Crippen LogP contribution in [0.5, 0.6) is 5.75 Å². The van der Waals surface area contributed by atoms with Gasteiger partial charge in [0.2, 0.25) is 0 Å². The molecule has 1 atom stereocenters. The van der Waals surface area contributed by atoms with E-state index in [0.717, 1.165) is 71.4 Å². The third-order valence-corrected chi connectivity index (χ3v) is 7.69. The molecule has 3 aliphatic heterocycles. The zero-order valence-electron chi connectivity index (χ0n) is 20.5. The lowest BCUT2D eigenvalue weighted by Crippen LogP contribution is -2.51. The summed E-state index contributed by atoms with van der Waals surface area (Å²) < 4.78 is 8.16. The van der Waals surface area contributed by atoms with E-state index in [1.807, 2.05) is 42.5 Å². The number of likely N-dealkylation sites (tertiary alicyclic amines) is 2. The second-order valence-electron chi connectivity index (χ2n) is 9.95. The number of nitrogens with zero attached hydrogens (tertiary/aromatic N) is 5. The number of nitrogens with one attached hydrogen (secondary N) is 1. The number of hydrogen-bond donors (Lipinski definition) is 1. The summed E-state index contributed by atoms with van der Waals surface area (Å²) in [5.41, 5.74) is 7.79. The van der Waals surface area contributed by atoms with Gasteiger partial charge in [-0.05, 0) is 48.2 Å². The Morgan fingerprint density at radius 3 is 2.89 bits per heavy atom. The molecule has 7 heteroatoms. The van der Waals surface area contributed by atoms with Gasteiger partial charge in [0.25, 0.3) is 0 Å². The van der Waals surface area contributed by atoms with Crippen LogP contribution in [0.15, 0.2) is 61.7 Å². The van der Waals surface area contributed by atoms with Crippen molar-refractivity contribution in [2.75, 3.05) is 31.5 Å². The first kappa shape index (κ1) is 21.9. The molecule has 7 nitrogen and oxygen atoms in total. The quantitative estimate of drug-likeness (QED) is 0.553. The van der Waals surface area contributed by atoms with E-state index in [9.17, 15) is 0 Å². The fourth-order valence-corrected chi connectivity index (χ4v) is 5.62. The molecule has 180 valence electrons. The number of benzene rings is 1. The molecular weight excluding hydrogens is 436 g/mol. The van der Waals surface area contributed by atoms with Gasteiger partial charge in [0.1, 0.15) is 18.2 Å². The van der Waals surface area contributed by atoms with Gasteiger partial charge >= 0.3 is 0 Å². The van der Waals surface area contributed by atoms with Crippen LogP contribution < -0.4 is 10.1 Å². The fourth-order valence-electron chi connectivity index (χ4n) is 5.62. The van der Waals surface area contributed by atoms with Gasteiger partial charge in [-0.15, -0.1) is 0 Å². The molecule has 0 radical (unpaired) electrons. The van der Waals surface area contributed by atoms with Gasteiger partial charge in [-0.1, -0.05) is 19.2 Å². The Balaban J connectivity index is 1.21. The zero-order valence-corrected chi connectivity index (χ0v) is 20.5. The second kappa shape index (κ2) is 8.57. The highest BCUT2D eigenvalue weighted by Crippen LogP contribution is 2.42. The summed E-state index contributed by atoms with van der Waals surface area (Å²) >= 11 is 0. The van der Waals surface area contributed by atoms with Gasteiger partial charge in [-0.3, -0.25) is 9.58 Å². The van der Waals surface area contributed by atoms with Crippen LogP contribution in [0.4, 0.5) is 11.5 Å². The van der Waals surface area contributed by atoms with Gasteiger partial charge in [-0.25, -0.2) is 4.98 Å². The summed E-state index contributed by atoms with van der Waals surface area (Å²) in [5.74, 6) is 2.30. The van der Waals surface area contributed by atoms with E-state index in [-0.39, 0.29) is 0 Å². The maximum atomic E-state index is 6.35. The number of fused-ring (bicyclic) bond motifs is 2. The molecule has 2 fully saturated rings. The average Bonchev–Trinajstić information content (AvgIpc) is 3.42. The van der Waals surface area contributed by atoms with Gasteiger partial charge in [-0.2, -0.15) is 5.10 Å². The van der Waals surface area contributed by atoms with Crippen molar-refractivity contribution < 1.29 is 4.74 Å². The molecule has 1 aromatic carbocycles. The van der Waals surface area contributed by atoms with Crippen LogP contribution in [0.3, 0.4) is 0 Å². The first-order valence-corrected chi connectivity index (χ1v) is 12.3. The van der Waals surface area contributed by atoms with E-state index < -0.39 is 0 Å². The van der Waals surface area contributed by atoms with Crippen molar-refractivity contribution in [2.45, 2.75) is 31.9 Å². The Kier molecular flexibility index (Phi) is 5.37. The Hall–Kier alpha value is -3.58. The highest BCUT2D eigenvalue weighted by molar-refractivity contribution is 5.77. The first-order valence-electron chi connectivity index (χ1n) is 12.3. The Bertz CT molecular complexity index is 1300. The Morgan fingerprint density at radius 2 is 2.11 bits per heavy atom. The molecule has 2 aromatic heterocycles. The van der Waals surface area contributed by atoms with Crippen LogP contribution in [0, 0.1) is 6.92 Å². The van der Waals surface area contributed by atoms with Crippen molar-refractivity contribution >= 4 is 11.5 Å². The van der Waals surface area contributed by atoms with Crippen molar-refractivity contribution in [3.05, 3.63) is 78.4 Å². The van der Waals surface area contributed by atoms with E-state index in [1.165, 1.54) is 12.0 Å². The minimum Gasteiger partial charge on any atom is -0.486 e. The van der Waals surface area contributed by atoms with E-state index in [2.05, 4.69) is 57.4 Å². The largest absolute Gasteiger partial charge is 0.486 e. The predicted octanol–water partition coefficient (Wildman–Crippen LogP) is 4.60. The van der Waals surface area contributed by atoms with Crippen molar-refractivity contribution in [1.29, 1.82) is 0 Å². The standard InChI is InChI=1S/C28H32N6O/c1-5-19(3)33-9-7-23(16-33)34-14-22(15-34)20-10-18(2)27-26(11-20)31-28-25(17-35-27)24(6-8-29-28)21-12-30-32(4)13-21/h5-6,8,10-13,22-23H,1,3,7,9,14-17H2,2,4H3,(H,29,31)/t23-/m0/s1. The lowest BCUT2D eigenvalue weighted by Gasteiger charge is -2.43. The highest BCUT2D eigenvalue weighted by Gasteiger charge is 2.37. The maximum absolute atomic E-state index is 6.35. The molecule has 6 rings (SSSR count). The van der Waals surface area contributed by atoms with Gasteiger partial charge in [0.15, 0.2) is 0 Å². The molecule has 3 aliphatic rings. The first-order chi connectivity index (χ1) is 17.0. The minimum absolute atomic E-state index is 0.471. The van der Waals surface area contributed by atoms with E-state index in [4.69, 9.17) is 4.74 Å². The maximum Gasteiger partial charge on any atom is 0.146 e. The molecule has 2 saturated heterocycles. The molecule has 3 aromatic rings. The van der Waals surface area contributed by atoms with Crippen LogP contribution in [-0.4, -0.2) is 56.8 Å². The summed E-state index contributed by atoms with van der Waals surface area (Å²) in [6, 6.07) is 7.20. The molecule has 0 bridgehead atoms. The zero-order chi connectivity index (χ0) is 24.1. The summed E-state index contributed by atoms with van der Waals surface area (Å²) in [6.45, 7) is 14.9. The number of pyridine rings is 1. The number of aromatic nitrogens is 3. The second-order valence-corrected chi connectivity index (χ2v) is 9.95. The van der Waals surface area contributed by atoms with Crippen molar-refractivity contribution in [3.63, 3.8) is 0 Å². The lowest BCUT2D eigenvalue weighted by atomic mass is 9.88. The van der Waals surface area contributed by atoms with Gasteiger partial charge in [0.05, 0.1) is 11.9 Å². The molecule has 0 spiro atoms. The highest BCUT2D eigenvalue weighted by atomic mass is 16.5. The van der Waals surface area contributed by atoms with Crippen molar-refractivity contribution in [3.8, 4) is 16.9 Å². The fraction of sp³-hybridized carbons (Fsp3) is 0.357.